The molecule has 0 spiro atoms. The summed E-state index contributed by atoms with van der Waals surface area (Å²) in [5.41, 5.74) is 1.51. The molecule has 1 saturated carbocycles. The van der Waals surface area contributed by atoms with Crippen LogP contribution in [0.25, 0.3) is 0 Å². The van der Waals surface area contributed by atoms with Gasteiger partial charge in [0.05, 0.1) is 18.3 Å². The number of anilines is 1. The Morgan fingerprint density at radius 2 is 2.15 bits per heavy atom. The number of nitrogens with zero attached hydrogens (tertiary/aromatic N) is 2. The third kappa shape index (κ3) is 3.18. The van der Waals surface area contributed by atoms with Crippen molar-refractivity contribution in [3.05, 3.63) is 29.6 Å². The minimum absolute atomic E-state index is 0.108. The van der Waals surface area contributed by atoms with Gasteiger partial charge in [0, 0.05) is 12.6 Å². The fourth-order valence-electron chi connectivity index (χ4n) is 5.45. The van der Waals surface area contributed by atoms with E-state index < -0.39 is 0 Å². The zero-order valence-corrected chi connectivity index (χ0v) is 15.8. The molecule has 4 heterocycles. The fourth-order valence-corrected chi connectivity index (χ4v) is 5.45. The number of carbonyl (C=O) groups is 1. The number of rotatable bonds is 2. The second-order valence-corrected chi connectivity index (χ2v) is 8.63. The maximum atomic E-state index is 14.3. The van der Waals surface area contributed by atoms with Crippen LogP contribution in [-0.2, 0) is 9.47 Å². The van der Waals surface area contributed by atoms with Gasteiger partial charge < -0.3 is 14.4 Å². The lowest BCUT2D eigenvalue weighted by molar-refractivity contribution is -0.220. The van der Waals surface area contributed by atoms with Crippen molar-refractivity contribution in [1.82, 2.24) is 4.90 Å². The first kappa shape index (κ1) is 17.3. The first-order valence-electron chi connectivity index (χ1n) is 10.2. The number of aryl methyl sites for hydroxylation is 1. The lowest BCUT2D eigenvalue weighted by atomic mass is 9.75. The van der Waals surface area contributed by atoms with Crippen molar-refractivity contribution in [1.29, 1.82) is 0 Å². The molecule has 6 rings (SSSR count). The number of carbonyl (C=O) groups excluding carboxylic acids is 1. The molecule has 5 nitrogen and oxygen atoms in total. The molecule has 4 saturated heterocycles. The molecule has 0 radical (unpaired) electrons. The van der Waals surface area contributed by atoms with Crippen molar-refractivity contribution in [3.63, 3.8) is 0 Å². The van der Waals surface area contributed by atoms with E-state index in [0.29, 0.717) is 24.3 Å². The van der Waals surface area contributed by atoms with Crippen LogP contribution in [0.3, 0.4) is 0 Å². The minimum atomic E-state index is -0.250. The maximum Gasteiger partial charge on any atom is 0.412 e. The van der Waals surface area contributed by atoms with E-state index in [-0.39, 0.29) is 30.3 Å². The molecule has 1 amide bonds. The zero-order valence-electron chi connectivity index (χ0n) is 15.8. The largest absolute Gasteiger partial charge is 0.444 e. The summed E-state index contributed by atoms with van der Waals surface area (Å²) >= 11 is 0. The van der Waals surface area contributed by atoms with Crippen LogP contribution in [0.15, 0.2) is 18.2 Å². The summed E-state index contributed by atoms with van der Waals surface area (Å²) in [7, 11) is 0. The number of benzene rings is 1. The van der Waals surface area contributed by atoms with E-state index in [1.807, 2.05) is 28.9 Å². The topological polar surface area (TPSA) is 42.0 Å². The molecule has 6 heteroatoms. The van der Waals surface area contributed by atoms with Crippen LogP contribution in [0, 0.1) is 18.7 Å². The summed E-state index contributed by atoms with van der Waals surface area (Å²) in [6.07, 6.45) is 5.58. The van der Waals surface area contributed by atoms with Crippen LogP contribution in [0.2, 0.25) is 0 Å². The predicted molar refractivity (Wildman–Crippen MR) is 99.1 cm³/mol. The zero-order chi connectivity index (χ0) is 18.5. The van der Waals surface area contributed by atoms with Crippen molar-refractivity contribution in [3.8, 4) is 0 Å². The third-order valence-corrected chi connectivity index (χ3v) is 6.63. The van der Waals surface area contributed by atoms with Gasteiger partial charge in [-0.05, 0) is 69.1 Å². The molecular formula is C21H27FN2O3. The Hall–Kier alpha value is -1.82. The van der Waals surface area contributed by atoms with Gasteiger partial charge in [-0.2, -0.15) is 0 Å². The number of halogens is 1. The van der Waals surface area contributed by atoms with Crippen LogP contribution in [0.1, 0.15) is 44.1 Å². The van der Waals surface area contributed by atoms with Crippen LogP contribution in [0.4, 0.5) is 14.9 Å². The number of amides is 1. The van der Waals surface area contributed by atoms with E-state index in [0.717, 1.165) is 50.6 Å². The highest BCUT2D eigenvalue weighted by Crippen LogP contribution is 2.45. The van der Waals surface area contributed by atoms with Crippen molar-refractivity contribution < 1.29 is 18.7 Å². The van der Waals surface area contributed by atoms with Crippen LogP contribution in [0.5, 0.6) is 0 Å². The van der Waals surface area contributed by atoms with Crippen molar-refractivity contribution in [2.75, 3.05) is 18.0 Å². The third-order valence-electron chi connectivity index (χ3n) is 6.63. The molecule has 1 aromatic rings. The van der Waals surface area contributed by atoms with E-state index in [9.17, 15) is 9.18 Å². The number of piperidine rings is 2. The molecule has 4 bridgehead atoms. The van der Waals surface area contributed by atoms with Gasteiger partial charge in [0.25, 0.3) is 0 Å². The Balaban J connectivity index is 1.25. The summed E-state index contributed by atoms with van der Waals surface area (Å²) in [4.78, 5) is 16.7. The molecule has 5 fully saturated rings. The Morgan fingerprint density at radius 3 is 2.93 bits per heavy atom. The molecule has 27 heavy (non-hydrogen) atoms. The van der Waals surface area contributed by atoms with Gasteiger partial charge in [0.15, 0.2) is 0 Å². The molecular weight excluding hydrogens is 347 g/mol. The van der Waals surface area contributed by atoms with E-state index in [1.165, 1.54) is 0 Å². The lowest BCUT2D eigenvalue weighted by Gasteiger charge is -2.55. The highest BCUT2D eigenvalue weighted by molar-refractivity contribution is 5.69. The number of ether oxygens (including phenoxy) is 2. The normalized spacial score (nSPS) is 34.8. The monoisotopic (exact) mass is 374 g/mol. The molecule has 0 N–H and O–H groups in total. The molecule has 1 aliphatic carbocycles. The highest BCUT2D eigenvalue weighted by Gasteiger charge is 2.50. The van der Waals surface area contributed by atoms with Gasteiger partial charge in [-0.1, -0.05) is 6.07 Å². The molecule has 4 aliphatic heterocycles. The summed E-state index contributed by atoms with van der Waals surface area (Å²) in [6.45, 7) is 3.21. The molecule has 1 aromatic carbocycles. The minimum Gasteiger partial charge on any atom is -0.444 e. The first-order valence-corrected chi connectivity index (χ1v) is 10.2. The summed E-state index contributed by atoms with van der Waals surface area (Å²) in [6, 6.07) is 5.57. The fraction of sp³-hybridized carbons (Fsp3) is 0.667. The molecule has 5 aliphatic rings. The van der Waals surface area contributed by atoms with Crippen molar-refractivity contribution >= 4 is 11.8 Å². The standard InChI is InChI=1S/C21H27FN2O3/c1-13-4-5-19(18(22)7-13)23-6-2-3-16(12-23)27-21(25)24-15-8-14-9-17(11-15)26-20(24)10-14/h4-5,7,14-17,20H,2-3,6,8-12H2,1H3. The highest BCUT2D eigenvalue weighted by atomic mass is 19.1. The quantitative estimate of drug-likeness (QED) is 0.789. The van der Waals surface area contributed by atoms with Gasteiger partial charge in [-0.25, -0.2) is 9.18 Å². The second kappa shape index (κ2) is 6.66. The number of hydrogen-bond acceptors (Lipinski definition) is 4. The SMILES string of the molecule is Cc1ccc(N2CCCC(OC(=O)N3C4CC5CC(C4)OC3C5)C2)c(F)c1. The van der Waals surface area contributed by atoms with Gasteiger partial charge in [0.1, 0.15) is 18.1 Å². The van der Waals surface area contributed by atoms with Crippen molar-refractivity contribution in [2.45, 2.75) is 69.9 Å². The molecule has 146 valence electrons. The lowest BCUT2D eigenvalue weighted by Crippen LogP contribution is -2.63. The van der Waals surface area contributed by atoms with Gasteiger partial charge >= 0.3 is 6.09 Å². The van der Waals surface area contributed by atoms with E-state index in [1.54, 1.807) is 6.07 Å². The number of hydrogen-bond donors (Lipinski definition) is 0. The van der Waals surface area contributed by atoms with Gasteiger partial charge in [-0.3, -0.25) is 4.90 Å². The predicted octanol–water partition coefficient (Wildman–Crippen LogP) is 3.84. The molecule has 0 aromatic heterocycles. The Morgan fingerprint density at radius 1 is 1.26 bits per heavy atom. The van der Waals surface area contributed by atoms with Crippen LogP contribution in [-0.4, -0.2) is 48.6 Å². The second-order valence-electron chi connectivity index (χ2n) is 8.63. The van der Waals surface area contributed by atoms with Gasteiger partial charge in [-0.15, -0.1) is 0 Å². The molecule has 5 atom stereocenters. The van der Waals surface area contributed by atoms with Crippen LogP contribution < -0.4 is 4.90 Å². The van der Waals surface area contributed by atoms with E-state index in [2.05, 4.69) is 0 Å². The summed E-state index contributed by atoms with van der Waals surface area (Å²) in [5, 5.41) is 0. The van der Waals surface area contributed by atoms with E-state index in [4.69, 9.17) is 9.47 Å². The van der Waals surface area contributed by atoms with Crippen LogP contribution >= 0.6 is 0 Å². The van der Waals surface area contributed by atoms with Gasteiger partial charge in [0.2, 0.25) is 0 Å². The summed E-state index contributed by atoms with van der Waals surface area (Å²) in [5.74, 6) is 0.492. The summed E-state index contributed by atoms with van der Waals surface area (Å²) < 4.78 is 26.2. The first-order chi connectivity index (χ1) is 13.1. The van der Waals surface area contributed by atoms with E-state index >= 15 is 0 Å². The Kier molecular flexibility index (Phi) is 4.26. The maximum absolute atomic E-state index is 14.3. The average molecular weight is 374 g/mol. The smallest absolute Gasteiger partial charge is 0.412 e. The molecule has 5 unspecified atom stereocenters. The Labute approximate surface area is 159 Å². The Bertz CT molecular complexity index is 712. The average Bonchev–Trinajstić information content (AvgIpc) is 2.61. The van der Waals surface area contributed by atoms with Crippen molar-refractivity contribution in [2.24, 2.45) is 5.92 Å².